The molecule has 1 heterocycles. The maximum absolute atomic E-state index is 12.4. The van der Waals surface area contributed by atoms with Crippen LogP contribution in [-0.2, 0) is 9.59 Å². The third-order valence-electron chi connectivity index (χ3n) is 4.87. The molecule has 1 aromatic carbocycles. The van der Waals surface area contributed by atoms with Crippen molar-refractivity contribution in [2.24, 2.45) is 5.92 Å². The molecule has 2 fully saturated rings. The van der Waals surface area contributed by atoms with E-state index in [1.165, 1.54) is 12.8 Å². The van der Waals surface area contributed by atoms with Gasteiger partial charge in [-0.25, -0.2) is 0 Å². The van der Waals surface area contributed by atoms with E-state index in [4.69, 9.17) is 11.6 Å². The third-order valence-corrected chi connectivity index (χ3v) is 5.15. The summed E-state index contributed by atoms with van der Waals surface area (Å²) < 4.78 is 0. The van der Waals surface area contributed by atoms with Gasteiger partial charge in [0.05, 0.1) is 16.6 Å². The number of nitrogens with zero attached hydrogens (tertiary/aromatic N) is 1. The van der Waals surface area contributed by atoms with Crippen LogP contribution in [0.15, 0.2) is 12.1 Å². The number of halogens is 1. The molecule has 1 aliphatic carbocycles. The summed E-state index contributed by atoms with van der Waals surface area (Å²) in [5.74, 6) is -0.293. The Morgan fingerprint density at radius 1 is 1.26 bits per heavy atom. The predicted molar refractivity (Wildman–Crippen MR) is 91.8 cm³/mol. The molecule has 1 aliphatic heterocycles. The van der Waals surface area contributed by atoms with E-state index in [0.29, 0.717) is 11.6 Å². The number of hydrogen-bond acceptors (Lipinski definition) is 2. The second-order valence-corrected chi connectivity index (χ2v) is 7.21. The van der Waals surface area contributed by atoms with Crippen molar-refractivity contribution >= 4 is 29.1 Å². The Morgan fingerprint density at radius 3 is 2.61 bits per heavy atom. The molecule has 1 atom stereocenters. The maximum atomic E-state index is 12.4. The van der Waals surface area contributed by atoms with Crippen LogP contribution in [0.25, 0.3) is 0 Å². The quantitative estimate of drug-likeness (QED) is 0.921. The molecule has 2 amide bonds. The first-order chi connectivity index (χ1) is 11.0. The van der Waals surface area contributed by atoms with Crippen molar-refractivity contribution in [2.75, 3.05) is 11.4 Å². The molecule has 0 bridgehead atoms. The highest BCUT2D eigenvalue weighted by atomic mass is 35.5. The number of anilines is 1. The van der Waals surface area contributed by atoms with Gasteiger partial charge in [-0.3, -0.25) is 9.59 Å². The molecular formula is C18H23ClN2O2. The van der Waals surface area contributed by atoms with Crippen LogP contribution in [0.1, 0.15) is 43.2 Å². The van der Waals surface area contributed by atoms with E-state index in [2.05, 4.69) is 5.32 Å². The molecule has 0 radical (unpaired) electrons. The molecule has 1 unspecified atom stereocenters. The van der Waals surface area contributed by atoms with E-state index < -0.39 is 0 Å². The minimum Gasteiger partial charge on any atom is -0.353 e. The van der Waals surface area contributed by atoms with E-state index in [9.17, 15) is 9.59 Å². The van der Waals surface area contributed by atoms with Crippen molar-refractivity contribution in [1.29, 1.82) is 0 Å². The Balaban J connectivity index is 1.73. The number of hydrogen-bond donors (Lipinski definition) is 1. The Bertz CT molecular complexity index is 615. The van der Waals surface area contributed by atoms with Crippen LogP contribution in [0.5, 0.6) is 0 Å². The molecule has 1 aromatic rings. The van der Waals surface area contributed by atoms with Crippen LogP contribution >= 0.6 is 11.6 Å². The van der Waals surface area contributed by atoms with Crippen molar-refractivity contribution in [1.82, 2.24) is 5.32 Å². The standard InChI is InChI=1S/C18H23ClN2O2/c1-11-7-12(2)17(15(19)8-11)21-10-13(9-16(21)22)18(23)20-14-5-3-4-6-14/h7-8,13-14H,3-6,9-10H2,1-2H3,(H,20,23). The topological polar surface area (TPSA) is 49.4 Å². The average molecular weight is 335 g/mol. The van der Waals surface area contributed by atoms with Crippen molar-refractivity contribution in [3.63, 3.8) is 0 Å². The van der Waals surface area contributed by atoms with Crippen molar-refractivity contribution in [3.05, 3.63) is 28.3 Å². The van der Waals surface area contributed by atoms with Crippen LogP contribution in [0.4, 0.5) is 5.69 Å². The van der Waals surface area contributed by atoms with Crippen LogP contribution in [0, 0.1) is 19.8 Å². The number of benzene rings is 1. The second kappa shape index (κ2) is 6.52. The molecule has 0 spiro atoms. The van der Waals surface area contributed by atoms with Crippen molar-refractivity contribution in [3.8, 4) is 0 Å². The first-order valence-corrected chi connectivity index (χ1v) is 8.71. The minimum absolute atomic E-state index is 0.00800. The van der Waals surface area contributed by atoms with E-state index in [-0.39, 0.29) is 30.2 Å². The zero-order chi connectivity index (χ0) is 16.6. The molecule has 0 aromatic heterocycles. The summed E-state index contributed by atoms with van der Waals surface area (Å²) in [6, 6.07) is 4.17. The van der Waals surface area contributed by atoms with Gasteiger partial charge in [-0.15, -0.1) is 0 Å². The van der Waals surface area contributed by atoms with Gasteiger partial charge in [-0.2, -0.15) is 0 Å². The average Bonchev–Trinajstić information content (AvgIpc) is 3.08. The lowest BCUT2D eigenvalue weighted by molar-refractivity contribution is -0.126. The van der Waals surface area contributed by atoms with Crippen molar-refractivity contribution < 1.29 is 9.59 Å². The molecule has 3 rings (SSSR count). The highest BCUT2D eigenvalue weighted by Crippen LogP contribution is 2.35. The van der Waals surface area contributed by atoms with E-state index >= 15 is 0 Å². The molecule has 1 N–H and O–H groups in total. The first kappa shape index (κ1) is 16.3. The number of amides is 2. The van der Waals surface area contributed by atoms with Crippen LogP contribution < -0.4 is 10.2 Å². The van der Waals surface area contributed by atoms with Crippen LogP contribution in [-0.4, -0.2) is 24.4 Å². The Hall–Kier alpha value is -1.55. The van der Waals surface area contributed by atoms with Gasteiger partial charge in [0.2, 0.25) is 11.8 Å². The number of nitrogens with one attached hydrogen (secondary N) is 1. The van der Waals surface area contributed by atoms with Gasteiger partial charge in [0, 0.05) is 19.0 Å². The number of carbonyl (C=O) groups is 2. The Morgan fingerprint density at radius 2 is 1.96 bits per heavy atom. The minimum atomic E-state index is -0.278. The van der Waals surface area contributed by atoms with Gasteiger partial charge in [0.25, 0.3) is 0 Å². The van der Waals surface area contributed by atoms with E-state index in [0.717, 1.165) is 29.7 Å². The molecule has 5 heteroatoms. The normalized spacial score (nSPS) is 22.0. The lowest BCUT2D eigenvalue weighted by Crippen LogP contribution is -2.38. The van der Waals surface area contributed by atoms with Crippen LogP contribution in [0.2, 0.25) is 5.02 Å². The first-order valence-electron chi connectivity index (χ1n) is 8.33. The van der Waals surface area contributed by atoms with Gasteiger partial charge in [-0.05, 0) is 43.9 Å². The molecule has 23 heavy (non-hydrogen) atoms. The molecule has 2 aliphatic rings. The summed E-state index contributed by atoms with van der Waals surface area (Å²) >= 11 is 6.35. The lowest BCUT2D eigenvalue weighted by atomic mass is 10.1. The monoisotopic (exact) mass is 334 g/mol. The molecular weight excluding hydrogens is 312 g/mol. The molecule has 124 valence electrons. The van der Waals surface area contributed by atoms with Gasteiger partial charge < -0.3 is 10.2 Å². The smallest absolute Gasteiger partial charge is 0.227 e. The molecule has 1 saturated heterocycles. The largest absolute Gasteiger partial charge is 0.353 e. The number of aryl methyl sites for hydroxylation is 2. The zero-order valence-corrected chi connectivity index (χ0v) is 14.4. The van der Waals surface area contributed by atoms with Gasteiger partial charge in [-0.1, -0.05) is 30.5 Å². The Kier molecular flexibility index (Phi) is 4.62. The fourth-order valence-corrected chi connectivity index (χ4v) is 4.16. The van der Waals surface area contributed by atoms with E-state index in [1.807, 2.05) is 26.0 Å². The van der Waals surface area contributed by atoms with Crippen molar-refractivity contribution in [2.45, 2.75) is 52.0 Å². The second-order valence-electron chi connectivity index (χ2n) is 6.81. The summed E-state index contributed by atoms with van der Waals surface area (Å²) in [6.45, 7) is 4.35. The summed E-state index contributed by atoms with van der Waals surface area (Å²) in [5.41, 5.74) is 2.79. The highest BCUT2D eigenvalue weighted by Gasteiger charge is 2.37. The van der Waals surface area contributed by atoms with Gasteiger partial charge in [0.15, 0.2) is 0 Å². The summed E-state index contributed by atoms with van der Waals surface area (Å²) in [5, 5.41) is 3.68. The zero-order valence-electron chi connectivity index (χ0n) is 13.7. The Labute approximate surface area is 142 Å². The highest BCUT2D eigenvalue weighted by molar-refractivity contribution is 6.34. The summed E-state index contributed by atoms with van der Waals surface area (Å²) in [6.07, 6.45) is 4.73. The third kappa shape index (κ3) is 3.37. The summed E-state index contributed by atoms with van der Waals surface area (Å²) in [7, 11) is 0. The fraction of sp³-hybridized carbons (Fsp3) is 0.556. The number of rotatable bonds is 3. The maximum Gasteiger partial charge on any atom is 0.227 e. The predicted octanol–water partition coefficient (Wildman–Crippen LogP) is 3.37. The van der Waals surface area contributed by atoms with Gasteiger partial charge >= 0.3 is 0 Å². The fourth-order valence-electron chi connectivity index (χ4n) is 3.74. The SMILES string of the molecule is Cc1cc(C)c(N2CC(C(=O)NC3CCCC3)CC2=O)c(Cl)c1. The number of carbonyl (C=O) groups excluding carboxylic acids is 2. The van der Waals surface area contributed by atoms with E-state index in [1.54, 1.807) is 4.90 Å². The lowest BCUT2D eigenvalue weighted by Gasteiger charge is -2.21. The summed E-state index contributed by atoms with van der Waals surface area (Å²) in [4.78, 5) is 26.5. The molecule has 4 nitrogen and oxygen atoms in total. The van der Waals surface area contributed by atoms with Crippen LogP contribution in [0.3, 0.4) is 0 Å². The molecule has 1 saturated carbocycles. The van der Waals surface area contributed by atoms with Gasteiger partial charge in [0.1, 0.15) is 0 Å².